The van der Waals surface area contributed by atoms with Crippen LogP contribution >= 0.6 is 11.6 Å². The van der Waals surface area contributed by atoms with E-state index >= 15 is 0 Å². The van der Waals surface area contributed by atoms with Crippen molar-refractivity contribution < 1.29 is 5.11 Å². The molecule has 0 spiro atoms. The highest BCUT2D eigenvalue weighted by Crippen LogP contribution is 2.19. The Morgan fingerprint density at radius 2 is 2.18 bits per heavy atom. The van der Waals surface area contributed by atoms with Gasteiger partial charge in [-0.25, -0.2) is 0 Å². The lowest BCUT2D eigenvalue weighted by Crippen LogP contribution is -1.95. The minimum absolute atomic E-state index is 0.225. The third kappa shape index (κ3) is 1.85. The summed E-state index contributed by atoms with van der Waals surface area (Å²) < 4.78 is 0. The second kappa shape index (κ2) is 3.60. The van der Waals surface area contributed by atoms with Gasteiger partial charge in [-0.2, -0.15) is 0 Å². The van der Waals surface area contributed by atoms with E-state index < -0.39 is 0 Å². The Morgan fingerprint density at radius 1 is 1.45 bits per heavy atom. The zero-order valence-electron chi connectivity index (χ0n) is 6.05. The minimum Gasteiger partial charge on any atom is -0.508 e. The normalized spacial score (nSPS) is 10.0. The number of rotatable bonds is 2. The maximum absolute atomic E-state index is 9.28. The van der Waals surface area contributed by atoms with Gasteiger partial charge in [-0.3, -0.25) is 0 Å². The van der Waals surface area contributed by atoms with Crippen LogP contribution in [0.3, 0.4) is 0 Å². The number of nitrogens with two attached hydrogens (primary N) is 1. The number of benzene rings is 1. The van der Waals surface area contributed by atoms with E-state index in [2.05, 4.69) is 0 Å². The van der Waals surface area contributed by atoms with Crippen LogP contribution in [-0.4, -0.2) is 5.11 Å². The van der Waals surface area contributed by atoms with Crippen LogP contribution in [0.25, 0.3) is 0 Å². The lowest BCUT2D eigenvalue weighted by Gasteiger charge is -2.01. The van der Waals surface area contributed by atoms with Crippen LogP contribution in [0.4, 0.5) is 0 Å². The van der Waals surface area contributed by atoms with Crippen LogP contribution in [0.5, 0.6) is 5.75 Å². The molecule has 0 saturated carbocycles. The van der Waals surface area contributed by atoms with Crippen molar-refractivity contribution in [3.63, 3.8) is 0 Å². The lowest BCUT2D eigenvalue weighted by molar-refractivity contribution is 0.469. The van der Waals surface area contributed by atoms with Gasteiger partial charge in [0.25, 0.3) is 0 Å². The fourth-order valence-corrected chi connectivity index (χ4v) is 1.08. The molecule has 0 atom stereocenters. The van der Waals surface area contributed by atoms with E-state index in [4.69, 9.17) is 17.3 Å². The molecule has 0 unspecified atom stereocenters. The lowest BCUT2D eigenvalue weighted by atomic mass is 10.1. The quantitative estimate of drug-likeness (QED) is 0.664. The highest BCUT2D eigenvalue weighted by Gasteiger charge is 1.99. The van der Waals surface area contributed by atoms with Crippen LogP contribution in [0.15, 0.2) is 18.2 Å². The van der Waals surface area contributed by atoms with E-state index in [1.54, 1.807) is 12.1 Å². The Hall–Kier alpha value is -0.730. The molecule has 0 radical (unpaired) electrons. The van der Waals surface area contributed by atoms with E-state index in [1.807, 2.05) is 6.07 Å². The fraction of sp³-hybridized carbons (Fsp3) is 0.250. The van der Waals surface area contributed by atoms with Gasteiger partial charge < -0.3 is 10.8 Å². The highest BCUT2D eigenvalue weighted by molar-refractivity contribution is 6.17. The molecule has 1 rings (SSSR count). The molecule has 0 aliphatic rings. The molecule has 0 heterocycles. The van der Waals surface area contributed by atoms with Gasteiger partial charge >= 0.3 is 0 Å². The molecule has 3 heteroatoms. The topological polar surface area (TPSA) is 46.2 Å². The first kappa shape index (κ1) is 8.37. The van der Waals surface area contributed by atoms with Gasteiger partial charge in [-0.05, 0) is 11.6 Å². The van der Waals surface area contributed by atoms with Crippen LogP contribution < -0.4 is 5.73 Å². The number of aromatic hydroxyl groups is 1. The predicted molar refractivity (Wildman–Crippen MR) is 45.6 cm³/mol. The second-order valence-corrected chi connectivity index (χ2v) is 2.57. The zero-order chi connectivity index (χ0) is 8.27. The van der Waals surface area contributed by atoms with Crippen molar-refractivity contribution in [2.75, 3.05) is 0 Å². The number of phenols is 1. The molecule has 1 aromatic carbocycles. The van der Waals surface area contributed by atoms with Crippen molar-refractivity contribution in [2.45, 2.75) is 12.4 Å². The summed E-state index contributed by atoms with van der Waals surface area (Å²) in [5, 5.41) is 9.28. The molecular formula is C8H10ClNO. The van der Waals surface area contributed by atoms with Crippen LogP contribution in [0.2, 0.25) is 0 Å². The summed E-state index contributed by atoms with van der Waals surface area (Å²) in [6.45, 7) is 0.441. The van der Waals surface area contributed by atoms with Crippen LogP contribution in [-0.2, 0) is 12.4 Å². The van der Waals surface area contributed by atoms with Gasteiger partial charge in [0.1, 0.15) is 5.75 Å². The monoisotopic (exact) mass is 171 g/mol. The van der Waals surface area contributed by atoms with E-state index in [-0.39, 0.29) is 5.75 Å². The number of hydrogen-bond donors (Lipinski definition) is 2. The maximum Gasteiger partial charge on any atom is 0.120 e. The summed E-state index contributed by atoms with van der Waals surface area (Å²) in [6.07, 6.45) is 0. The molecular weight excluding hydrogens is 162 g/mol. The predicted octanol–water partition coefficient (Wildman–Crippen LogP) is 1.59. The van der Waals surface area contributed by atoms with Crippen molar-refractivity contribution in [3.8, 4) is 5.75 Å². The third-order valence-corrected chi connectivity index (χ3v) is 1.82. The summed E-state index contributed by atoms with van der Waals surface area (Å²) >= 11 is 5.54. The van der Waals surface area contributed by atoms with Crippen molar-refractivity contribution >= 4 is 11.6 Å². The van der Waals surface area contributed by atoms with E-state index in [9.17, 15) is 5.11 Å². The Morgan fingerprint density at radius 3 is 2.64 bits per heavy atom. The van der Waals surface area contributed by atoms with Gasteiger partial charge in [0, 0.05) is 12.1 Å². The largest absolute Gasteiger partial charge is 0.508 e. The molecule has 0 aliphatic heterocycles. The van der Waals surface area contributed by atoms with Crippen molar-refractivity contribution in [3.05, 3.63) is 29.3 Å². The molecule has 0 bridgehead atoms. The molecule has 2 nitrogen and oxygen atoms in total. The molecule has 1 aromatic rings. The summed E-state index contributed by atoms with van der Waals surface area (Å²) in [4.78, 5) is 0. The molecule has 3 N–H and O–H groups in total. The Bertz CT molecular complexity index is 250. The average Bonchev–Trinajstić information content (AvgIpc) is 2.04. The summed E-state index contributed by atoms with van der Waals surface area (Å²) in [6, 6.07) is 5.28. The average molecular weight is 172 g/mol. The molecule has 0 saturated heterocycles. The highest BCUT2D eigenvalue weighted by atomic mass is 35.5. The molecule has 60 valence electrons. The second-order valence-electron chi connectivity index (χ2n) is 2.30. The first-order chi connectivity index (χ1) is 5.27. The molecule has 0 amide bonds. The van der Waals surface area contributed by atoms with Gasteiger partial charge in [-0.1, -0.05) is 12.1 Å². The summed E-state index contributed by atoms with van der Waals surface area (Å²) in [7, 11) is 0. The van der Waals surface area contributed by atoms with E-state index in [0.29, 0.717) is 12.4 Å². The molecule has 0 fully saturated rings. The van der Waals surface area contributed by atoms with Crippen molar-refractivity contribution in [1.29, 1.82) is 0 Å². The molecule has 0 aromatic heterocycles. The fourth-order valence-electron chi connectivity index (χ4n) is 0.849. The van der Waals surface area contributed by atoms with Crippen LogP contribution in [0, 0.1) is 0 Å². The van der Waals surface area contributed by atoms with Crippen LogP contribution in [0.1, 0.15) is 11.1 Å². The maximum atomic E-state index is 9.28. The van der Waals surface area contributed by atoms with Crippen molar-refractivity contribution in [2.24, 2.45) is 5.73 Å². The standard InChI is InChI=1S/C8H10ClNO/c9-4-7-2-1-6(5-10)3-8(7)11/h1-3,11H,4-5,10H2. The van der Waals surface area contributed by atoms with Gasteiger partial charge in [0.15, 0.2) is 0 Å². The summed E-state index contributed by atoms with van der Waals surface area (Å²) in [5.74, 6) is 0.555. The Balaban J connectivity index is 2.99. The number of halogens is 1. The SMILES string of the molecule is NCc1ccc(CCl)c(O)c1. The van der Waals surface area contributed by atoms with E-state index in [1.165, 1.54) is 0 Å². The number of alkyl halides is 1. The van der Waals surface area contributed by atoms with E-state index in [0.717, 1.165) is 11.1 Å². The molecule has 11 heavy (non-hydrogen) atoms. The smallest absolute Gasteiger partial charge is 0.120 e. The van der Waals surface area contributed by atoms with Gasteiger partial charge in [0.2, 0.25) is 0 Å². The number of hydrogen-bond acceptors (Lipinski definition) is 2. The Kier molecular flexibility index (Phi) is 2.74. The zero-order valence-corrected chi connectivity index (χ0v) is 6.80. The summed E-state index contributed by atoms with van der Waals surface area (Å²) in [5.41, 5.74) is 7.02. The molecule has 0 aliphatic carbocycles. The first-order valence-electron chi connectivity index (χ1n) is 3.34. The van der Waals surface area contributed by atoms with Gasteiger partial charge in [0.05, 0.1) is 5.88 Å². The van der Waals surface area contributed by atoms with Crippen molar-refractivity contribution in [1.82, 2.24) is 0 Å². The van der Waals surface area contributed by atoms with Gasteiger partial charge in [-0.15, -0.1) is 11.6 Å². The first-order valence-corrected chi connectivity index (χ1v) is 3.88. The Labute approximate surface area is 70.6 Å². The third-order valence-electron chi connectivity index (χ3n) is 1.53. The number of phenolic OH excluding ortho intramolecular Hbond substituents is 1. The minimum atomic E-state index is 0.225.